The second-order valence-corrected chi connectivity index (χ2v) is 4.24. The van der Waals surface area contributed by atoms with Crippen LogP contribution >= 0.6 is 12.2 Å². The van der Waals surface area contributed by atoms with Gasteiger partial charge in [0.25, 0.3) is 0 Å². The Balaban J connectivity index is 2.37. The number of hydrogen-bond donors (Lipinski definition) is 1. The average molecular weight is 258 g/mol. The molecule has 0 amide bonds. The van der Waals surface area contributed by atoms with Crippen molar-refractivity contribution in [3.05, 3.63) is 53.9 Å². The highest BCUT2D eigenvalue weighted by atomic mass is 32.1. The SMILES string of the molecule is CCc1ccccc1Oc1cnccc1C(N)=S. The monoisotopic (exact) mass is 258 g/mol. The lowest BCUT2D eigenvalue weighted by molar-refractivity contribution is 0.473. The fourth-order valence-electron chi connectivity index (χ4n) is 1.68. The molecule has 4 heteroatoms. The average Bonchev–Trinajstić information content (AvgIpc) is 2.40. The van der Waals surface area contributed by atoms with Crippen LogP contribution in [0.2, 0.25) is 0 Å². The maximum Gasteiger partial charge on any atom is 0.155 e. The van der Waals surface area contributed by atoms with Crippen molar-refractivity contribution < 1.29 is 4.74 Å². The van der Waals surface area contributed by atoms with Crippen molar-refractivity contribution in [1.29, 1.82) is 0 Å². The molecule has 0 bridgehead atoms. The minimum atomic E-state index is 0.307. The number of thiocarbonyl (C=S) groups is 1. The third kappa shape index (κ3) is 2.65. The maximum atomic E-state index is 5.86. The summed E-state index contributed by atoms with van der Waals surface area (Å²) in [4.78, 5) is 4.35. The standard InChI is InChI=1S/C14H14N2OS/c1-2-10-5-3-4-6-12(10)17-13-9-16-8-7-11(13)14(15)18/h3-9H,2H2,1H3,(H2,15,18). The topological polar surface area (TPSA) is 48.1 Å². The molecule has 0 saturated carbocycles. The van der Waals surface area contributed by atoms with Gasteiger partial charge < -0.3 is 10.5 Å². The van der Waals surface area contributed by atoms with Gasteiger partial charge in [-0.3, -0.25) is 4.98 Å². The van der Waals surface area contributed by atoms with Crippen LogP contribution in [0.4, 0.5) is 0 Å². The summed E-state index contributed by atoms with van der Waals surface area (Å²) in [6.07, 6.45) is 4.17. The third-order valence-corrected chi connectivity index (χ3v) is 2.84. The highest BCUT2D eigenvalue weighted by molar-refractivity contribution is 7.80. The molecule has 0 radical (unpaired) electrons. The molecular weight excluding hydrogens is 244 g/mol. The first kappa shape index (κ1) is 12.5. The molecule has 0 aliphatic carbocycles. The van der Waals surface area contributed by atoms with Gasteiger partial charge in [-0.1, -0.05) is 37.3 Å². The molecular formula is C14H14N2OS. The normalized spacial score (nSPS) is 10.1. The molecule has 3 nitrogen and oxygen atoms in total. The molecule has 92 valence electrons. The molecule has 0 fully saturated rings. The van der Waals surface area contributed by atoms with Crippen molar-refractivity contribution in [2.45, 2.75) is 13.3 Å². The highest BCUT2D eigenvalue weighted by Crippen LogP contribution is 2.27. The van der Waals surface area contributed by atoms with Crippen LogP contribution in [-0.2, 0) is 6.42 Å². The Morgan fingerprint density at radius 3 is 2.78 bits per heavy atom. The van der Waals surface area contributed by atoms with E-state index in [1.54, 1.807) is 18.5 Å². The molecule has 2 aromatic rings. The molecule has 1 aromatic carbocycles. The maximum absolute atomic E-state index is 5.86. The molecule has 1 aromatic heterocycles. The minimum absolute atomic E-state index is 0.307. The number of nitrogens with zero attached hydrogens (tertiary/aromatic N) is 1. The van der Waals surface area contributed by atoms with Gasteiger partial charge in [-0.25, -0.2) is 0 Å². The van der Waals surface area contributed by atoms with E-state index in [-0.39, 0.29) is 0 Å². The fourth-order valence-corrected chi connectivity index (χ4v) is 1.85. The summed E-state index contributed by atoms with van der Waals surface area (Å²) in [6, 6.07) is 9.64. The van der Waals surface area contributed by atoms with Crippen LogP contribution in [0.15, 0.2) is 42.7 Å². The van der Waals surface area contributed by atoms with E-state index in [0.29, 0.717) is 16.3 Å². The zero-order valence-electron chi connectivity index (χ0n) is 10.1. The second kappa shape index (κ2) is 5.60. The number of para-hydroxylation sites is 1. The van der Waals surface area contributed by atoms with Gasteiger partial charge in [0, 0.05) is 6.20 Å². The van der Waals surface area contributed by atoms with Crippen molar-refractivity contribution >= 4 is 17.2 Å². The molecule has 0 aliphatic rings. The summed E-state index contributed by atoms with van der Waals surface area (Å²) < 4.78 is 5.86. The van der Waals surface area contributed by atoms with Crippen LogP contribution in [0.25, 0.3) is 0 Å². The largest absolute Gasteiger partial charge is 0.455 e. The molecule has 18 heavy (non-hydrogen) atoms. The van der Waals surface area contributed by atoms with E-state index in [4.69, 9.17) is 22.7 Å². The van der Waals surface area contributed by atoms with Crippen molar-refractivity contribution in [1.82, 2.24) is 4.98 Å². The van der Waals surface area contributed by atoms with Gasteiger partial charge in [0.2, 0.25) is 0 Å². The van der Waals surface area contributed by atoms with Crippen LogP contribution in [0.5, 0.6) is 11.5 Å². The van der Waals surface area contributed by atoms with Crippen LogP contribution in [0.3, 0.4) is 0 Å². The van der Waals surface area contributed by atoms with Crippen LogP contribution in [0, 0.1) is 0 Å². The van der Waals surface area contributed by atoms with E-state index >= 15 is 0 Å². The predicted molar refractivity (Wildman–Crippen MR) is 76.0 cm³/mol. The third-order valence-electron chi connectivity index (χ3n) is 2.62. The Kier molecular flexibility index (Phi) is 3.89. The molecule has 0 aliphatic heterocycles. The number of ether oxygens (including phenoxy) is 1. The summed E-state index contributed by atoms with van der Waals surface area (Å²) in [5, 5.41) is 0. The van der Waals surface area contributed by atoms with E-state index in [0.717, 1.165) is 17.7 Å². The number of hydrogen-bond acceptors (Lipinski definition) is 3. The number of aryl methyl sites for hydroxylation is 1. The van der Waals surface area contributed by atoms with E-state index in [2.05, 4.69) is 11.9 Å². The molecule has 0 saturated heterocycles. The van der Waals surface area contributed by atoms with Crippen LogP contribution in [-0.4, -0.2) is 9.97 Å². The fraction of sp³-hybridized carbons (Fsp3) is 0.143. The quantitative estimate of drug-likeness (QED) is 0.856. The van der Waals surface area contributed by atoms with Crippen molar-refractivity contribution in [2.75, 3.05) is 0 Å². The minimum Gasteiger partial charge on any atom is -0.455 e. The van der Waals surface area contributed by atoms with Gasteiger partial charge >= 0.3 is 0 Å². The molecule has 1 heterocycles. The van der Waals surface area contributed by atoms with Gasteiger partial charge in [-0.2, -0.15) is 0 Å². The number of nitrogens with two attached hydrogens (primary N) is 1. The van der Waals surface area contributed by atoms with E-state index in [1.165, 1.54) is 0 Å². The Morgan fingerprint density at radius 1 is 1.28 bits per heavy atom. The first-order valence-corrected chi connectivity index (χ1v) is 6.12. The Morgan fingerprint density at radius 2 is 2.06 bits per heavy atom. The number of pyridine rings is 1. The molecule has 2 rings (SSSR count). The Bertz CT molecular complexity index is 569. The summed E-state index contributed by atoms with van der Waals surface area (Å²) in [5.74, 6) is 1.40. The Labute approximate surface area is 112 Å². The molecule has 0 unspecified atom stereocenters. The number of aromatic nitrogens is 1. The van der Waals surface area contributed by atoms with Gasteiger partial charge in [-0.05, 0) is 24.1 Å². The van der Waals surface area contributed by atoms with Crippen molar-refractivity contribution in [3.8, 4) is 11.5 Å². The van der Waals surface area contributed by atoms with E-state index in [9.17, 15) is 0 Å². The summed E-state index contributed by atoms with van der Waals surface area (Å²) in [5.41, 5.74) is 7.50. The van der Waals surface area contributed by atoms with E-state index in [1.807, 2.05) is 24.3 Å². The van der Waals surface area contributed by atoms with Crippen LogP contribution in [0.1, 0.15) is 18.1 Å². The zero-order chi connectivity index (χ0) is 13.0. The Hall–Kier alpha value is -1.94. The second-order valence-electron chi connectivity index (χ2n) is 3.80. The molecule has 0 atom stereocenters. The smallest absolute Gasteiger partial charge is 0.155 e. The zero-order valence-corrected chi connectivity index (χ0v) is 10.9. The molecule has 0 spiro atoms. The molecule has 2 N–H and O–H groups in total. The lowest BCUT2D eigenvalue weighted by Gasteiger charge is -2.12. The van der Waals surface area contributed by atoms with E-state index < -0.39 is 0 Å². The number of rotatable bonds is 4. The predicted octanol–water partition coefficient (Wildman–Crippen LogP) is 3.07. The van der Waals surface area contributed by atoms with Gasteiger partial charge in [-0.15, -0.1) is 0 Å². The van der Waals surface area contributed by atoms with Gasteiger partial charge in [0.15, 0.2) is 5.75 Å². The summed E-state index contributed by atoms with van der Waals surface area (Å²) in [7, 11) is 0. The van der Waals surface area contributed by atoms with Gasteiger partial charge in [0.05, 0.1) is 11.8 Å². The first-order chi connectivity index (χ1) is 8.72. The highest BCUT2D eigenvalue weighted by Gasteiger charge is 2.09. The van der Waals surface area contributed by atoms with Crippen molar-refractivity contribution in [3.63, 3.8) is 0 Å². The number of benzene rings is 1. The summed E-state index contributed by atoms with van der Waals surface area (Å²) >= 11 is 5.00. The van der Waals surface area contributed by atoms with Crippen molar-refractivity contribution in [2.24, 2.45) is 5.73 Å². The van der Waals surface area contributed by atoms with Crippen LogP contribution < -0.4 is 10.5 Å². The summed E-state index contributed by atoms with van der Waals surface area (Å²) in [6.45, 7) is 2.08. The first-order valence-electron chi connectivity index (χ1n) is 5.72. The lowest BCUT2D eigenvalue weighted by Crippen LogP contribution is -2.11. The lowest BCUT2D eigenvalue weighted by atomic mass is 10.1. The van der Waals surface area contributed by atoms with Gasteiger partial charge in [0.1, 0.15) is 10.7 Å².